The zero-order chi connectivity index (χ0) is 7.23. The standard InChI is InChI=1S/C6H13N3O/c10-6-8-9-4-1-2-7-3-5-9/h6-7H,1-5H2,(H,8,10). The van der Waals surface area contributed by atoms with Crippen LogP contribution in [0.1, 0.15) is 6.42 Å². The highest BCUT2D eigenvalue weighted by Crippen LogP contribution is 1.88. The van der Waals surface area contributed by atoms with Crippen molar-refractivity contribution in [2.45, 2.75) is 6.42 Å². The normalized spacial score (nSPS) is 21.6. The number of amides is 1. The summed E-state index contributed by atoms with van der Waals surface area (Å²) < 4.78 is 0. The Hall–Kier alpha value is -0.610. The number of carbonyl (C=O) groups excluding carboxylic acids is 1. The highest BCUT2D eigenvalue weighted by Gasteiger charge is 2.05. The van der Waals surface area contributed by atoms with Crippen LogP contribution in [0, 0.1) is 0 Å². The Balaban J connectivity index is 2.21. The van der Waals surface area contributed by atoms with Crippen LogP contribution in [0.2, 0.25) is 0 Å². The van der Waals surface area contributed by atoms with E-state index in [2.05, 4.69) is 10.7 Å². The van der Waals surface area contributed by atoms with Crippen molar-refractivity contribution in [3.8, 4) is 0 Å². The van der Waals surface area contributed by atoms with Crippen molar-refractivity contribution < 1.29 is 4.79 Å². The highest BCUT2D eigenvalue weighted by atomic mass is 16.1. The number of hydrogen-bond acceptors (Lipinski definition) is 3. The van der Waals surface area contributed by atoms with Crippen LogP contribution < -0.4 is 10.7 Å². The molecule has 4 heteroatoms. The Bertz CT molecular complexity index is 99.2. The van der Waals surface area contributed by atoms with Crippen molar-refractivity contribution in [1.29, 1.82) is 0 Å². The first-order chi connectivity index (χ1) is 4.93. The molecule has 0 aromatic carbocycles. The molecular formula is C6H13N3O. The van der Waals surface area contributed by atoms with Gasteiger partial charge in [-0.2, -0.15) is 0 Å². The molecule has 4 nitrogen and oxygen atoms in total. The van der Waals surface area contributed by atoms with Crippen molar-refractivity contribution in [2.75, 3.05) is 26.2 Å². The minimum Gasteiger partial charge on any atom is -0.315 e. The van der Waals surface area contributed by atoms with Gasteiger partial charge in [0.1, 0.15) is 0 Å². The molecule has 1 heterocycles. The van der Waals surface area contributed by atoms with Crippen molar-refractivity contribution in [2.24, 2.45) is 0 Å². The molecule has 1 fully saturated rings. The molecule has 1 aliphatic heterocycles. The molecule has 10 heavy (non-hydrogen) atoms. The molecule has 58 valence electrons. The summed E-state index contributed by atoms with van der Waals surface area (Å²) >= 11 is 0. The molecule has 1 amide bonds. The minimum atomic E-state index is 0.728. The Morgan fingerprint density at radius 3 is 3.10 bits per heavy atom. The van der Waals surface area contributed by atoms with Gasteiger partial charge in [0.25, 0.3) is 0 Å². The number of nitrogens with zero attached hydrogens (tertiary/aromatic N) is 1. The van der Waals surface area contributed by atoms with Gasteiger partial charge in [-0.15, -0.1) is 0 Å². The van der Waals surface area contributed by atoms with Crippen LogP contribution in [-0.2, 0) is 4.79 Å². The smallest absolute Gasteiger partial charge is 0.221 e. The SMILES string of the molecule is O=CNN1CCCNCC1. The van der Waals surface area contributed by atoms with Crippen molar-refractivity contribution in [3.05, 3.63) is 0 Å². The highest BCUT2D eigenvalue weighted by molar-refractivity contribution is 5.44. The third-order valence-corrected chi connectivity index (χ3v) is 1.58. The summed E-state index contributed by atoms with van der Waals surface area (Å²) in [5.41, 5.74) is 2.64. The van der Waals surface area contributed by atoms with Gasteiger partial charge < -0.3 is 5.32 Å². The van der Waals surface area contributed by atoms with Crippen LogP contribution >= 0.6 is 0 Å². The van der Waals surface area contributed by atoms with Crippen LogP contribution in [0.15, 0.2) is 0 Å². The minimum absolute atomic E-state index is 0.728. The van der Waals surface area contributed by atoms with Gasteiger partial charge in [-0.3, -0.25) is 10.2 Å². The Kier molecular flexibility index (Phi) is 3.18. The molecule has 1 aliphatic rings. The zero-order valence-electron chi connectivity index (χ0n) is 5.97. The monoisotopic (exact) mass is 143 g/mol. The van der Waals surface area contributed by atoms with E-state index in [9.17, 15) is 4.79 Å². The van der Waals surface area contributed by atoms with E-state index in [0.717, 1.165) is 39.0 Å². The first-order valence-electron chi connectivity index (χ1n) is 3.59. The number of hydrazine groups is 1. The molecule has 2 N–H and O–H groups in total. The Morgan fingerprint density at radius 2 is 2.30 bits per heavy atom. The lowest BCUT2D eigenvalue weighted by Crippen LogP contribution is -2.39. The Morgan fingerprint density at radius 1 is 1.40 bits per heavy atom. The molecule has 0 unspecified atom stereocenters. The van der Waals surface area contributed by atoms with Crippen LogP contribution in [0.25, 0.3) is 0 Å². The summed E-state index contributed by atoms with van der Waals surface area (Å²) in [5, 5.41) is 5.16. The molecule has 0 radical (unpaired) electrons. The van der Waals surface area contributed by atoms with Crippen molar-refractivity contribution in [1.82, 2.24) is 15.8 Å². The third-order valence-electron chi connectivity index (χ3n) is 1.58. The van der Waals surface area contributed by atoms with Crippen LogP contribution in [0.5, 0.6) is 0 Å². The second-order valence-corrected chi connectivity index (χ2v) is 2.34. The number of rotatable bonds is 2. The van der Waals surface area contributed by atoms with Gasteiger partial charge >= 0.3 is 0 Å². The van der Waals surface area contributed by atoms with Gasteiger partial charge in [0, 0.05) is 19.6 Å². The van der Waals surface area contributed by atoms with E-state index in [4.69, 9.17) is 0 Å². The average Bonchev–Trinajstić information content (AvgIpc) is 2.17. The summed E-state index contributed by atoms with van der Waals surface area (Å²) in [6.45, 7) is 3.86. The molecular weight excluding hydrogens is 130 g/mol. The van der Waals surface area contributed by atoms with Crippen molar-refractivity contribution in [3.63, 3.8) is 0 Å². The number of hydrogen-bond donors (Lipinski definition) is 2. The Labute approximate surface area is 60.5 Å². The van der Waals surface area contributed by atoms with E-state index in [1.54, 1.807) is 0 Å². The van der Waals surface area contributed by atoms with Crippen LogP contribution in [0.3, 0.4) is 0 Å². The van der Waals surface area contributed by atoms with Gasteiger partial charge in [0.15, 0.2) is 0 Å². The van der Waals surface area contributed by atoms with E-state index in [1.807, 2.05) is 5.01 Å². The largest absolute Gasteiger partial charge is 0.315 e. The molecule has 0 aliphatic carbocycles. The summed E-state index contributed by atoms with van der Waals surface area (Å²) in [6.07, 6.45) is 1.83. The summed E-state index contributed by atoms with van der Waals surface area (Å²) in [6, 6.07) is 0. The summed E-state index contributed by atoms with van der Waals surface area (Å²) in [7, 11) is 0. The molecule has 0 aromatic heterocycles. The molecule has 0 atom stereocenters. The predicted octanol–water partition coefficient (Wildman–Crippen LogP) is -1.06. The van der Waals surface area contributed by atoms with Crippen LogP contribution in [-0.4, -0.2) is 37.6 Å². The van der Waals surface area contributed by atoms with E-state index < -0.39 is 0 Å². The van der Waals surface area contributed by atoms with E-state index in [-0.39, 0.29) is 0 Å². The molecule has 0 spiro atoms. The first-order valence-corrected chi connectivity index (χ1v) is 3.59. The fourth-order valence-electron chi connectivity index (χ4n) is 1.05. The molecule has 1 saturated heterocycles. The lowest BCUT2D eigenvalue weighted by molar-refractivity contribution is -0.113. The van der Waals surface area contributed by atoms with Crippen LogP contribution in [0.4, 0.5) is 0 Å². The summed E-state index contributed by atoms with van der Waals surface area (Å²) in [4.78, 5) is 10.0. The van der Waals surface area contributed by atoms with Gasteiger partial charge in [-0.25, -0.2) is 5.01 Å². The lowest BCUT2D eigenvalue weighted by atomic mass is 10.4. The quantitative estimate of drug-likeness (QED) is 0.484. The molecule has 0 saturated carbocycles. The van der Waals surface area contributed by atoms with E-state index in [0.29, 0.717) is 0 Å². The fourth-order valence-corrected chi connectivity index (χ4v) is 1.05. The summed E-state index contributed by atoms with van der Waals surface area (Å²) in [5.74, 6) is 0. The van der Waals surface area contributed by atoms with Crippen molar-refractivity contribution >= 4 is 6.41 Å². The predicted molar refractivity (Wildman–Crippen MR) is 38.3 cm³/mol. The number of carbonyl (C=O) groups is 1. The second-order valence-electron chi connectivity index (χ2n) is 2.34. The molecule has 1 rings (SSSR count). The molecule has 0 bridgehead atoms. The van der Waals surface area contributed by atoms with Gasteiger partial charge in [-0.1, -0.05) is 0 Å². The number of nitrogens with one attached hydrogen (secondary N) is 2. The van der Waals surface area contributed by atoms with E-state index in [1.165, 1.54) is 0 Å². The lowest BCUT2D eigenvalue weighted by Gasteiger charge is -2.16. The third kappa shape index (κ3) is 2.33. The fraction of sp³-hybridized carbons (Fsp3) is 0.833. The maximum absolute atomic E-state index is 10.0. The van der Waals surface area contributed by atoms with Gasteiger partial charge in [-0.05, 0) is 13.0 Å². The maximum Gasteiger partial charge on any atom is 0.221 e. The second kappa shape index (κ2) is 4.24. The van der Waals surface area contributed by atoms with E-state index >= 15 is 0 Å². The topological polar surface area (TPSA) is 44.4 Å². The van der Waals surface area contributed by atoms with Gasteiger partial charge in [0.2, 0.25) is 6.41 Å². The average molecular weight is 143 g/mol. The zero-order valence-corrected chi connectivity index (χ0v) is 5.97. The molecule has 0 aromatic rings. The van der Waals surface area contributed by atoms with Gasteiger partial charge in [0.05, 0.1) is 0 Å². The maximum atomic E-state index is 10.0. The first kappa shape index (κ1) is 7.50.